The number of carbonyl (C=O) groups is 2. The van der Waals surface area contributed by atoms with Gasteiger partial charge in [-0.3, -0.25) is 9.59 Å². The van der Waals surface area contributed by atoms with E-state index in [1.165, 1.54) is 0 Å². The summed E-state index contributed by atoms with van der Waals surface area (Å²) in [6.45, 7) is 16.5. The first-order valence-electron chi connectivity index (χ1n) is 9.08. The lowest BCUT2D eigenvalue weighted by molar-refractivity contribution is -0.163. The molecule has 0 amide bonds. The maximum absolute atomic E-state index is 11.9. The van der Waals surface area contributed by atoms with Crippen molar-refractivity contribution >= 4 is 37.1 Å². The highest BCUT2D eigenvalue weighted by Crippen LogP contribution is 2.21. The Morgan fingerprint density at radius 3 is 2.29 bits per heavy atom. The van der Waals surface area contributed by atoms with Crippen LogP contribution in [0, 0.1) is 5.41 Å². The molecule has 0 saturated carbocycles. The molecule has 0 aromatic rings. The van der Waals surface area contributed by atoms with Gasteiger partial charge in [-0.1, -0.05) is 31.5 Å². The Kier molecular flexibility index (Phi) is 17.2. The molecule has 0 bridgehead atoms. The molecule has 7 heteroatoms. The first-order valence-corrected chi connectivity index (χ1v) is 10.5. The molecule has 5 nitrogen and oxygen atoms in total. The van der Waals surface area contributed by atoms with E-state index in [0.717, 1.165) is 12.0 Å². The van der Waals surface area contributed by atoms with E-state index >= 15 is 0 Å². The highest BCUT2D eigenvalue weighted by Gasteiger charge is 2.29. The smallest absolute Gasteiger partial charge is 0.311 e. The van der Waals surface area contributed by atoms with Gasteiger partial charge in [0.05, 0.1) is 18.6 Å². The van der Waals surface area contributed by atoms with Gasteiger partial charge < -0.3 is 14.2 Å². The molecular formula is C21H34ClO5P. The zero-order valence-electron chi connectivity index (χ0n) is 17.7. The van der Waals surface area contributed by atoms with E-state index in [4.69, 9.17) is 25.8 Å². The van der Waals surface area contributed by atoms with Crippen LogP contribution in [0.1, 0.15) is 47.5 Å². The fraction of sp³-hybridized carbons (Fsp3) is 0.571. The molecule has 1 aliphatic heterocycles. The average molecular weight is 433 g/mol. The molecule has 160 valence electrons. The summed E-state index contributed by atoms with van der Waals surface area (Å²) in [5.74, 6) is -0.202. The summed E-state index contributed by atoms with van der Waals surface area (Å²) in [7, 11) is 0.373. The predicted molar refractivity (Wildman–Crippen MR) is 119 cm³/mol. The number of carbonyl (C=O) groups excluding carboxylic acids is 2. The number of allylic oxidation sites excluding steroid dienone is 2. The van der Waals surface area contributed by atoms with Crippen LogP contribution in [0.15, 0.2) is 37.0 Å². The molecule has 0 aliphatic carbocycles. The molecule has 1 saturated heterocycles. The minimum Gasteiger partial charge on any atom is -0.459 e. The van der Waals surface area contributed by atoms with E-state index in [9.17, 15) is 9.59 Å². The average Bonchev–Trinajstić information content (AvgIpc) is 2.89. The van der Waals surface area contributed by atoms with Gasteiger partial charge in [0.2, 0.25) is 0 Å². The van der Waals surface area contributed by atoms with Crippen LogP contribution in [0.4, 0.5) is 4.79 Å². The van der Waals surface area contributed by atoms with Crippen LogP contribution in [-0.2, 0) is 19.0 Å². The van der Waals surface area contributed by atoms with Gasteiger partial charge in [0.1, 0.15) is 6.10 Å². The molecule has 2 unspecified atom stereocenters. The molecular weight excluding hydrogens is 399 g/mol. The second-order valence-electron chi connectivity index (χ2n) is 6.61. The lowest BCUT2D eigenvalue weighted by Crippen LogP contribution is -2.31. The van der Waals surface area contributed by atoms with E-state index in [1.807, 2.05) is 39.8 Å². The molecule has 1 fully saturated rings. The minimum absolute atomic E-state index is 0.202. The highest BCUT2D eigenvalue weighted by molar-refractivity contribution is 7.62. The Balaban J connectivity index is 0. The Morgan fingerprint density at radius 1 is 1.29 bits per heavy atom. The lowest BCUT2D eigenvalue weighted by atomic mass is 9.97. The minimum atomic E-state index is -0.495. The molecule has 2 atom stereocenters. The predicted octanol–water partition coefficient (Wildman–Crippen LogP) is 6.15. The normalized spacial score (nSPS) is 20.3. The fourth-order valence-electron chi connectivity index (χ4n) is 1.81. The molecule has 0 spiro atoms. The topological polar surface area (TPSA) is 61.8 Å². The fourth-order valence-corrected chi connectivity index (χ4v) is 1.81. The molecule has 28 heavy (non-hydrogen) atoms. The van der Waals surface area contributed by atoms with Crippen molar-refractivity contribution in [1.29, 1.82) is 0 Å². The van der Waals surface area contributed by atoms with Crippen LogP contribution in [0.5, 0.6) is 0 Å². The molecule has 0 aromatic heterocycles. The Hall–Kier alpha value is -1.26. The maximum Gasteiger partial charge on any atom is 0.311 e. The van der Waals surface area contributed by atoms with Gasteiger partial charge in [-0.15, -0.1) is 13.2 Å². The second kappa shape index (κ2) is 16.7. The van der Waals surface area contributed by atoms with Crippen molar-refractivity contribution in [1.82, 2.24) is 0 Å². The van der Waals surface area contributed by atoms with E-state index < -0.39 is 10.4 Å². The van der Waals surface area contributed by atoms with Crippen molar-refractivity contribution < 1.29 is 23.8 Å². The third-order valence-electron chi connectivity index (χ3n) is 3.30. The van der Waals surface area contributed by atoms with Crippen molar-refractivity contribution in [2.45, 2.75) is 59.9 Å². The van der Waals surface area contributed by atoms with E-state index in [2.05, 4.69) is 32.5 Å². The van der Waals surface area contributed by atoms with Crippen molar-refractivity contribution in [2.75, 3.05) is 13.2 Å². The van der Waals surface area contributed by atoms with Crippen LogP contribution in [0.2, 0.25) is 0 Å². The largest absolute Gasteiger partial charge is 0.459 e. The highest BCUT2D eigenvalue weighted by atomic mass is 35.5. The van der Waals surface area contributed by atoms with E-state index in [0.29, 0.717) is 27.8 Å². The van der Waals surface area contributed by atoms with Crippen LogP contribution >= 0.6 is 19.8 Å². The van der Waals surface area contributed by atoms with Gasteiger partial charge in [0.25, 0.3) is 4.98 Å². The summed E-state index contributed by atoms with van der Waals surface area (Å²) in [6.07, 6.45) is 10.3. The van der Waals surface area contributed by atoms with Crippen molar-refractivity contribution in [3.05, 3.63) is 37.0 Å². The number of hydrogen-bond donors (Lipinski definition) is 0. The summed E-state index contributed by atoms with van der Waals surface area (Å²) < 4.78 is 17.0. The van der Waals surface area contributed by atoms with Crippen LogP contribution < -0.4 is 0 Å². The third kappa shape index (κ3) is 13.8. The zero-order valence-corrected chi connectivity index (χ0v) is 19.4. The summed E-state index contributed by atoms with van der Waals surface area (Å²) in [4.78, 5) is 21.0. The van der Waals surface area contributed by atoms with Crippen LogP contribution in [0.25, 0.3) is 0 Å². The van der Waals surface area contributed by atoms with Crippen molar-refractivity contribution in [2.24, 2.45) is 5.41 Å². The molecule has 0 aromatic carbocycles. The van der Waals surface area contributed by atoms with Gasteiger partial charge in [0.15, 0.2) is 6.29 Å². The molecule has 1 heterocycles. The third-order valence-corrected chi connectivity index (χ3v) is 3.91. The lowest BCUT2D eigenvalue weighted by Gasteiger charge is -2.22. The zero-order chi connectivity index (χ0) is 22.2. The number of rotatable bonds is 5. The van der Waals surface area contributed by atoms with Gasteiger partial charge in [0, 0.05) is 12.0 Å². The summed E-state index contributed by atoms with van der Waals surface area (Å²) in [5.41, 5.74) is 0.505. The SMILES string of the molecule is C/C=C(\C=C/CC)C1OCCC(OC(=O)C(C)(C)C)CO1.C=C.C=PC(=O)Cl. The second-order valence-corrected chi connectivity index (χ2v) is 7.94. The first-order chi connectivity index (χ1) is 13.1. The van der Waals surface area contributed by atoms with Crippen LogP contribution in [-0.4, -0.2) is 42.9 Å². The van der Waals surface area contributed by atoms with Gasteiger partial charge in [-0.05, 0) is 53.9 Å². The van der Waals surface area contributed by atoms with Crippen molar-refractivity contribution in [3.8, 4) is 0 Å². The summed E-state index contributed by atoms with van der Waals surface area (Å²) >= 11 is 4.75. The molecule has 1 rings (SSSR count). The van der Waals surface area contributed by atoms with Gasteiger partial charge in [-0.2, -0.15) is 0 Å². The molecule has 0 radical (unpaired) electrons. The monoisotopic (exact) mass is 432 g/mol. The maximum atomic E-state index is 11.9. The first kappa shape index (κ1) is 28.9. The number of hydrogen-bond acceptors (Lipinski definition) is 5. The Labute approximate surface area is 176 Å². The summed E-state index contributed by atoms with van der Waals surface area (Å²) in [6, 6.07) is 0. The number of esters is 1. The standard InChI is InChI=1S/C17H28O4.C2H2ClOP.C2H4/c1-6-8-9-13(7-2)15-19-11-10-14(12-20-15)21-16(18)17(3,4)5;1-5-2(3)4;1-2/h7-9,14-15H,6,10-12H2,1-5H3;1H2;1-2H2/b9-8-,13-7+;;. The quantitative estimate of drug-likeness (QED) is 0.171. The Morgan fingerprint density at radius 2 is 1.86 bits per heavy atom. The van der Waals surface area contributed by atoms with Crippen molar-refractivity contribution in [3.63, 3.8) is 0 Å². The Bertz CT molecular complexity index is 537. The van der Waals surface area contributed by atoms with Crippen LogP contribution in [0.3, 0.4) is 0 Å². The van der Waals surface area contributed by atoms with Gasteiger partial charge in [-0.25, -0.2) is 0 Å². The van der Waals surface area contributed by atoms with Gasteiger partial charge >= 0.3 is 5.97 Å². The molecule has 1 aliphatic rings. The molecule has 0 N–H and O–H groups in total. The number of halogens is 1. The summed E-state index contributed by atoms with van der Waals surface area (Å²) in [5, 5.41) is 0. The van der Waals surface area contributed by atoms with E-state index in [-0.39, 0.29) is 18.4 Å². The van der Waals surface area contributed by atoms with E-state index in [1.54, 1.807) is 0 Å². The number of ether oxygens (including phenoxy) is 3.